The Kier molecular flexibility index (Phi) is 5.34. The topological polar surface area (TPSA) is 72.5 Å². The molecule has 2 amide bonds. The summed E-state index contributed by atoms with van der Waals surface area (Å²) in [6.07, 6.45) is 1.54. The van der Waals surface area contributed by atoms with Gasteiger partial charge in [0.1, 0.15) is 11.5 Å². The number of carbonyl (C=O) groups excluding carboxylic acids is 1. The minimum absolute atomic E-state index is 0.357. The number of nitrogens with zero attached hydrogens (tertiary/aromatic N) is 1. The second-order valence-corrected chi connectivity index (χ2v) is 5.56. The zero-order chi connectivity index (χ0) is 18.4. The number of ether oxygens (including phenoxy) is 2. The highest BCUT2D eigenvalue weighted by Gasteiger charge is 2.05. The van der Waals surface area contributed by atoms with Crippen molar-refractivity contribution in [1.29, 1.82) is 0 Å². The summed E-state index contributed by atoms with van der Waals surface area (Å²) in [6.45, 7) is 1.97. The van der Waals surface area contributed by atoms with Crippen LogP contribution in [0, 0.1) is 6.92 Å². The number of hydrogen-bond donors (Lipinski definition) is 2. The third-order valence-electron chi connectivity index (χ3n) is 3.65. The molecule has 0 aliphatic heterocycles. The van der Waals surface area contributed by atoms with E-state index >= 15 is 0 Å². The fourth-order valence-corrected chi connectivity index (χ4v) is 2.27. The van der Waals surface area contributed by atoms with E-state index in [-0.39, 0.29) is 6.03 Å². The molecule has 0 unspecified atom stereocenters. The Hall–Kier alpha value is -3.54. The number of hydrogen-bond acceptors (Lipinski definition) is 4. The summed E-state index contributed by atoms with van der Waals surface area (Å²) in [5.41, 5.74) is 2.25. The smallest absolute Gasteiger partial charge is 0.323 e. The van der Waals surface area contributed by atoms with Crippen LogP contribution >= 0.6 is 0 Å². The largest absolute Gasteiger partial charge is 0.497 e. The Bertz CT molecular complexity index is 878. The van der Waals surface area contributed by atoms with Gasteiger partial charge in [-0.3, -0.25) is 0 Å². The number of urea groups is 1. The number of nitrogens with one attached hydrogen (secondary N) is 2. The van der Waals surface area contributed by atoms with Crippen LogP contribution in [0.15, 0.2) is 66.9 Å². The molecule has 3 aromatic rings. The van der Waals surface area contributed by atoms with Gasteiger partial charge in [0.2, 0.25) is 5.88 Å². The number of pyridine rings is 1. The molecular formula is C20H19N3O3. The van der Waals surface area contributed by atoms with Crippen LogP contribution in [-0.4, -0.2) is 18.1 Å². The van der Waals surface area contributed by atoms with Gasteiger partial charge in [-0.05, 0) is 48.9 Å². The van der Waals surface area contributed by atoms with Crippen molar-refractivity contribution in [3.8, 4) is 17.4 Å². The van der Waals surface area contributed by atoms with Crippen LogP contribution in [0.2, 0.25) is 0 Å². The van der Waals surface area contributed by atoms with Crippen LogP contribution in [0.5, 0.6) is 17.4 Å². The van der Waals surface area contributed by atoms with Gasteiger partial charge >= 0.3 is 6.03 Å². The van der Waals surface area contributed by atoms with E-state index < -0.39 is 0 Å². The average Bonchev–Trinajstić information content (AvgIpc) is 2.66. The molecule has 0 saturated heterocycles. The molecule has 2 N–H and O–H groups in total. The van der Waals surface area contributed by atoms with Gasteiger partial charge in [0.15, 0.2) is 0 Å². The molecule has 0 spiro atoms. The Morgan fingerprint density at radius 1 is 0.923 bits per heavy atom. The van der Waals surface area contributed by atoms with E-state index in [0.717, 1.165) is 17.1 Å². The van der Waals surface area contributed by atoms with Crippen molar-refractivity contribution in [2.75, 3.05) is 17.7 Å². The lowest BCUT2D eigenvalue weighted by atomic mass is 10.2. The van der Waals surface area contributed by atoms with E-state index in [4.69, 9.17) is 9.47 Å². The molecule has 0 saturated carbocycles. The highest BCUT2D eigenvalue weighted by atomic mass is 16.5. The molecule has 3 rings (SSSR count). The van der Waals surface area contributed by atoms with Gasteiger partial charge in [-0.2, -0.15) is 0 Å². The summed E-state index contributed by atoms with van der Waals surface area (Å²) in [4.78, 5) is 16.3. The molecule has 0 aliphatic carbocycles. The molecule has 0 radical (unpaired) electrons. The minimum atomic E-state index is -0.357. The molecule has 0 aliphatic rings. The summed E-state index contributed by atoms with van der Waals surface area (Å²) >= 11 is 0. The summed E-state index contributed by atoms with van der Waals surface area (Å²) in [5.74, 6) is 1.93. The van der Waals surface area contributed by atoms with Crippen molar-refractivity contribution in [2.45, 2.75) is 6.92 Å². The minimum Gasteiger partial charge on any atom is -0.497 e. The highest BCUT2D eigenvalue weighted by molar-refractivity contribution is 5.99. The second-order valence-electron chi connectivity index (χ2n) is 5.56. The van der Waals surface area contributed by atoms with Gasteiger partial charge in [0.25, 0.3) is 0 Å². The van der Waals surface area contributed by atoms with Gasteiger partial charge in [-0.25, -0.2) is 9.78 Å². The number of benzene rings is 2. The first-order valence-corrected chi connectivity index (χ1v) is 8.05. The Balaban J connectivity index is 1.58. The first kappa shape index (κ1) is 17.3. The van der Waals surface area contributed by atoms with Crippen LogP contribution in [0.4, 0.5) is 16.2 Å². The SMILES string of the molecule is COc1ccc(NC(=O)Nc2ccc(Oc3ccccc3C)nc2)cc1. The maximum Gasteiger partial charge on any atom is 0.323 e. The fraction of sp³-hybridized carbons (Fsp3) is 0.100. The van der Waals surface area contributed by atoms with Gasteiger partial charge in [0, 0.05) is 11.8 Å². The Morgan fingerprint density at radius 3 is 2.27 bits per heavy atom. The average molecular weight is 349 g/mol. The third-order valence-corrected chi connectivity index (χ3v) is 3.65. The van der Waals surface area contributed by atoms with E-state index in [9.17, 15) is 4.79 Å². The van der Waals surface area contributed by atoms with Crippen molar-refractivity contribution < 1.29 is 14.3 Å². The molecule has 2 aromatic carbocycles. The predicted molar refractivity (Wildman–Crippen MR) is 101 cm³/mol. The van der Waals surface area contributed by atoms with E-state index in [1.54, 1.807) is 49.7 Å². The quantitative estimate of drug-likeness (QED) is 0.692. The predicted octanol–water partition coefficient (Wildman–Crippen LogP) is 4.83. The Labute approximate surface area is 151 Å². The van der Waals surface area contributed by atoms with Crippen molar-refractivity contribution in [3.05, 3.63) is 72.4 Å². The number of aryl methyl sites for hydroxylation is 1. The van der Waals surface area contributed by atoms with E-state index in [1.807, 2.05) is 31.2 Å². The number of aromatic nitrogens is 1. The van der Waals surface area contributed by atoms with Crippen LogP contribution in [0.1, 0.15) is 5.56 Å². The number of methoxy groups -OCH3 is 1. The zero-order valence-corrected chi connectivity index (χ0v) is 14.5. The number of para-hydroxylation sites is 1. The summed E-state index contributed by atoms with van der Waals surface area (Å²) in [6, 6.07) is 17.8. The van der Waals surface area contributed by atoms with Crippen molar-refractivity contribution in [2.24, 2.45) is 0 Å². The molecule has 1 heterocycles. The maximum atomic E-state index is 12.0. The normalized spacial score (nSPS) is 10.1. The molecule has 132 valence electrons. The fourth-order valence-electron chi connectivity index (χ4n) is 2.27. The van der Waals surface area contributed by atoms with Crippen molar-refractivity contribution in [1.82, 2.24) is 4.98 Å². The molecule has 0 bridgehead atoms. The summed E-state index contributed by atoms with van der Waals surface area (Å²) < 4.78 is 10.8. The Morgan fingerprint density at radius 2 is 1.62 bits per heavy atom. The number of carbonyl (C=O) groups is 1. The second kappa shape index (κ2) is 8.02. The number of amides is 2. The molecule has 0 atom stereocenters. The van der Waals surface area contributed by atoms with Crippen LogP contribution < -0.4 is 20.1 Å². The van der Waals surface area contributed by atoms with Crippen LogP contribution in [0.3, 0.4) is 0 Å². The molecule has 26 heavy (non-hydrogen) atoms. The van der Waals surface area contributed by atoms with Gasteiger partial charge in [-0.1, -0.05) is 18.2 Å². The van der Waals surface area contributed by atoms with Crippen LogP contribution in [-0.2, 0) is 0 Å². The lowest BCUT2D eigenvalue weighted by Gasteiger charge is -2.10. The zero-order valence-electron chi connectivity index (χ0n) is 14.5. The summed E-state index contributed by atoms with van der Waals surface area (Å²) in [5, 5.41) is 5.46. The first-order chi connectivity index (χ1) is 12.6. The number of rotatable bonds is 5. The number of anilines is 2. The lowest BCUT2D eigenvalue weighted by Crippen LogP contribution is -2.19. The molecular weight excluding hydrogens is 330 g/mol. The molecule has 6 heteroatoms. The van der Waals surface area contributed by atoms with Crippen molar-refractivity contribution in [3.63, 3.8) is 0 Å². The van der Waals surface area contributed by atoms with Gasteiger partial charge in [-0.15, -0.1) is 0 Å². The molecule has 1 aromatic heterocycles. The van der Waals surface area contributed by atoms with Crippen molar-refractivity contribution >= 4 is 17.4 Å². The first-order valence-electron chi connectivity index (χ1n) is 8.05. The monoisotopic (exact) mass is 349 g/mol. The third kappa shape index (κ3) is 4.51. The standard InChI is InChI=1S/C20H19N3O3/c1-14-5-3-4-6-18(14)26-19-12-9-16(13-21-19)23-20(24)22-15-7-10-17(25-2)11-8-15/h3-13H,1-2H3,(H2,22,23,24). The van der Waals surface area contributed by atoms with Gasteiger partial charge in [0.05, 0.1) is 19.0 Å². The molecule has 0 fully saturated rings. The van der Waals surface area contributed by atoms with E-state index in [2.05, 4.69) is 15.6 Å². The summed E-state index contributed by atoms with van der Waals surface area (Å²) in [7, 11) is 1.59. The van der Waals surface area contributed by atoms with E-state index in [0.29, 0.717) is 17.3 Å². The van der Waals surface area contributed by atoms with Gasteiger partial charge < -0.3 is 20.1 Å². The highest BCUT2D eigenvalue weighted by Crippen LogP contribution is 2.23. The molecule has 6 nitrogen and oxygen atoms in total. The van der Waals surface area contributed by atoms with Crippen LogP contribution in [0.25, 0.3) is 0 Å². The van der Waals surface area contributed by atoms with E-state index in [1.165, 1.54) is 0 Å². The lowest BCUT2D eigenvalue weighted by molar-refractivity contribution is 0.262. The maximum absolute atomic E-state index is 12.0.